The van der Waals surface area contributed by atoms with Crippen molar-refractivity contribution >= 4 is 17.7 Å². The van der Waals surface area contributed by atoms with E-state index in [4.69, 9.17) is 0 Å². The molecule has 0 bridgehead atoms. The molecule has 0 aromatic carbocycles. The smallest absolute Gasteiger partial charge is 0.238 e. The van der Waals surface area contributed by atoms with E-state index in [1.807, 2.05) is 11.8 Å². The van der Waals surface area contributed by atoms with Crippen molar-refractivity contribution in [3.8, 4) is 0 Å². The van der Waals surface area contributed by atoms with Gasteiger partial charge >= 0.3 is 0 Å². The van der Waals surface area contributed by atoms with Gasteiger partial charge in [-0.2, -0.15) is 11.8 Å². The Morgan fingerprint density at radius 1 is 1.50 bits per heavy atom. The third kappa shape index (κ3) is 3.67. The molecule has 0 radical (unpaired) electrons. The number of carbonyl (C=O) groups is 1. The van der Waals surface area contributed by atoms with Gasteiger partial charge in [0, 0.05) is 6.04 Å². The molecule has 16 heavy (non-hydrogen) atoms. The molecule has 0 spiro atoms. The summed E-state index contributed by atoms with van der Waals surface area (Å²) in [6.45, 7) is 7.08. The lowest BCUT2D eigenvalue weighted by Gasteiger charge is -2.31. The van der Waals surface area contributed by atoms with Gasteiger partial charge in [0.2, 0.25) is 5.91 Å². The van der Waals surface area contributed by atoms with Crippen LogP contribution in [0.15, 0.2) is 0 Å². The molecule has 1 saturated heterocycles. The zero-order valence-corrected chi connectivity index (χ0v) is 11.6. The summed E-state index contributed by atoms with van der Waals surface area (Å²) in [6.07, 6.45) is 4.50. The minimum atomic E-state index is 0.254. The molecule has 1 N–H and O–H groups in total. The van der Waals surface area contributed by atoms with Crippen LogP contribution in [0.5, 0.6) is 0 Å². The van der Waals surface area contributed by atoms with Crippen LogP contribution in [0.4, 0.5) is 0 Å². The van der Waals surface area contributed by atoms with Gasteiger partial charge in [-0.15, -0.1) is 0 Å². The summed E-state index contributed by atoms with van der Waals surface area (Å²) < 4.78 is 0. The number of nitrogens with one attached hydrogen (secondary N) is 1. The van der Waals surface area contributed by atoms with Crippen molar-refractivity contribution in [2.24, 2.45) is 5.92 Å². The van der Waals surface area contributed by atoms with Gasteiger partial charge in [-0.1, -0.05) is 13.8 Å². The lowest BCUT2D eigenvalue weighted by atomic mass is 10.1. The number of hydrogen-bond acceptors (Lipinski definition) is 3. The minimum absolute atomic E-state index is 0.254. The van der Waals surface area contributed by atoms with Gasteiger partial charge in [0.1, 0.15) is 0 Å². The van der Waals surface area contributed by atoms with Crippen molar-refractivity contribution in [2.45, 2.75) is 45.8 Å². The minimum Gasteiger partial charge on any atom is -0.323 e. The van der Waals surface area contributed by atoms with Crippen molar-refractivity contribution in [1.29, 1.82) is 0 Å². The highest BCUT2D eigenvalue weighted by Gasteiger charge is 2.33. The molecule has 0 saturated carbocycles. The summed E-state index contributed by atoms with van der Waals surface area (Å²) in [6, 6.07) is 0.360. The van der Waals surface area contributed by atoms with E-state index in [-0.39, 0.29) is 12.1 Å². The summed E-state index contributed by atoms with van der Waals surface area (Å²) in [5, 5.41) is 3.31. The fourth-order valence-electron chi connectivity index (χ4n) is 2.19. The highest BCUT2D eigenvalue weighted by molar-refractivity contribution is 7.98. The largest absolute Gasteiger partial charge is 0.323 e. The number of nitrogens with zero attached hydrogens (tertiary/aromatic N) is 1. The zero-order chi connectivity index (χ0) is 12.1. The Bertz CT molecular complexity index is 233. The molecule has 0 aromatic heterocycles. The maximum atomic E-state index is 11.8. The van der Waals surface area contributed by atoms with Gasteiger partial charge < -0.3 is 4.90 Å². The average Bonchev–Trinajstić information content (AvgIpc) is 2.55. The van der Waals surface area contributed by atoms with Crippen molar-refractivity contribution in [2.75, 3.05) is 18.6 Å². The third-order valence-corrected chi connectivity index (χ3v) is 3.67. The van der Waals surface area contributed by atoms with Gasteiger partial charge in [0.15, 0.2) is 0 Å². The molecule has 94 valence electrons. The molecule has 0 aliphatic carbocycles. The first-order valence-electron chi connectivity index (χ1n) is 6.09. The zero-order valence-electron chi connectivity index (χ0n) is 10.8. The molecule has 1 aliphatic heterocycles. The average molecular weight is 244 g/mol. The molecule has 1 rings (SSSR count). The van der Waals surface area contributed by atoms with E-state index in [1.165, 1.54) is 0 Å². The summed E-state index contributed by atoms with van der Waals surface area (Å²) in [5.41, 5.74) is 0. The van der Waals surface area contributed by atoms with Crippen LogP contribution in [0.25, 0.3) is 0 Å². The van der Waals surface area contributed by atoms with Gasteiger partial charge in [0.25, 0.3) is 0 Å². The van der Waals surface area contributed by atoms with Gasteiger partial charge in [0.05, 0.1) is 12.7 Å². The monoisotopic (exact) mass is 244 g/mol. The van der Waals surface area contributed by atoms with E-state index < -0.39 is 0 Å². The lowest BCUT2D eigenvalue weighted by Crippen LogP contribution is -2.44. The molecule has 1 amide bonds. The predicted molar refractivity (Wildman–Crippen MR) is 70.6 cm³/mol. The number of hydrogen-bond donors (Lipinski definition) is 1. The van der Waals surface area contributed by atoms with Crippen LogP contribution in [0.2, 0.25) is 0 Å². The Kier molecular flexibility index (Phi) is 5.62. The van der Waals surface area contributed by atoms with Gasteiger partial charge in [-0.05, 0) is 37.7 Å². The fraction of sp³-hybridized carbons (Fsp3) is 0.917. The fourth-order valence-corrected chi connectivity index (χ4v) is 2.77. The first-order valence-corrected chi connectivity index (χ1v) is 7.49. The summed E-state index contributed by atoms with van der Waals surface area (Å²) in [4.78, 5) is 13.9. The van der Waals surface area contributed by atoms with Crippen LogP contribution in [0.1, 0.15) is 33.6 Å². The molecule has 2 atom stereocenters. The molecule has 0 aromatic rings. The van der Waals surface area contributed by atoms with Gasteiger partial charge in [-0.3, -0.25) is 10.1 Å². The van der Waals surface area contributed by atoms with Crippen LogP contribution >= 0.6 is 11.8 Å². The first kappa shape index (κ1) is 13.8. The molecule has 1 fully saturated rings. The topological polar surface area (TPSA) is 32.3 Å². The molecule has 3 nitrogen and oxygen atoms in total. The molecule has 2 unspecified atom stereocenters. The standard InChI is InChI=1S/C12H24N2OS/c1-9(2)7-11-13-8-12(15)14(11)10(3)5-6-16-4/h9-11,13H,5-8H2,1-4H3. The van der Waals surface area contributed by atoms with E-state index in [2.05, 4.69) is 37.2 Å². The van der Waals surface area contributed by atoms with Crippen LogP contribution in [-0.4, -0.2) is 41.6 Å². The normalized spacial score (nSPS) is 23.2. The van der Waals surface area contributed by atoms with Crippen LogP contribution < -0.4 is 5.32 Å². The van der Waals surface area contributed by atoms with Crippen molar-refractivity contribution < 1.29 is 4.79 Å². The number of carbonyl (C=O) groups excluding carboxylic acids is 1. The highest BCUT2D eigenvalue weighted by atomic mass is 32.2. The number of rotatable bonds is 6. The molecular weight excluding hydrogens is 220 g/mol. The van der Waals surface area contributed by atoms with Crippen molar-refractivity contribution in [3.05, 3.63) is 0 Å². The van der Waals surface area contributed by atoms with Crippen molar-refractivity contribution in [1.82, 2.24) is 10.2 Å². The van der Waals surface area contributed by atoms with E-state index >= 15 is 0 Å². The second-order valence-electron chi connectivity index (χ2n) is 4.96. The SMILES string of the molecule is CSCCC(C)N1C(=O)CNC1CC(C)C. The maximum Gasteiger partial charge on any atom is 0.238 e. The van der Waals surface area contributed by atoms with E-state index in [1.54, 1.807) is 0 Å². The molecule has 1 aliphatic rings. The first-order chi connectivity index (χ1) is 7.56. The number of amides is 1. The van der Waals surface area contributed by atoms with Crippen LogP contribution in [0, 0.1) is 5.92 Å². The second-order valence-corrected chi connectivity index (χ2v) is 5.94. The predicted octanol–water partition coefficient (Wildman–Crippen LogP) is 1.93. The Balaban J connectivity index is 2.54. The maximum absolute atomic E-state index is 11.8. The number of thioether (sulfide) groups is 1. The molecule has 1 heterocycles. The van der Waals surface area contributed by atoms with Crippen molar-refractivity contribution in [3.63, 3.8) is 0 Å². The Morgan fingerprint density at radius 2 is 2.19 bits per heavy atom. The Labute approximate surface area is 103 Å². The lowest BCUT2D eigenvalue weighted by molar-refractivity contribution is -0.130. The highest BCUT2D eigenvalue weighted by Crippen LogP contribution is 2.19. The van der Waals surface area contributed by atoms with E-state index in [0.717, 1.165) is 18.6 Å². The Hall–Kier alpha value is -0.220. The van der Waals surface area contributed by atoms with Crippen LogP contribution in [0.3, 0.4) is 0 Å². The summed E-state index contributed by atoms with van der Waals surface area (Å²) >= 11 is 1.85. The van der Waals surface area contributed by atoms with E-state index in [0.29, 0.717) is 18.5 Å². The molecule has 4 heteroatoms. The Morgan fingerprint density at radius 3 is 2.75 bits per heavy atom. The van der Waals surface area contributed by atoms with Crippen LogP contribution in [-0.2, 0) is 4.79 Å². The molecular formula is C12H24N2OS. The van der Waals surface area contributed by atoms with E-state index in [9.17, 15) is 4.79 Å². The second kappa shape index (κ2) is 6.50. The summed E-state index contributed by atoms with van der Waals surface area (Å²) in [5.74, 6) is 2.01. The summed E-state index contributed by atoms with van der Waals surface area (Å²) in [7, 11) is 0. The quantitative estimate of drug-likeness (QED) is 0.775. The van der Waals surface area contributed by atoms with Gasteiger partial charge in [-0.25, -0.2) is 0 Å². The third-order valence-electron chi connectivity index (χ3n) is 3.02.